The number of aliphatic carboxylic acids is 1. The molecule has 111 valence electrons. The normalized spacial score (nSPS) is 14.8. The molecular weight excluding hydrogens is 312 g/mol. The van der Waals surface area contributed by atoms with E-state index in [9.17, 15) is 14.4 Å². The van der Waals surface area contributed by atoms with Crippen LogP contribution in [0.5, 0.6) is 0 Å². The number of imide groups is 1. The number of nitrogens with zero attached hydrogens (tertiary/aromatic N) is 1. The molecule has 2 rings (SSSR count). The van der Waals surface area contributed by atoms with Gasteiger partial charge in [0.05, 0.1) is 11.1 Å². The molecule has 1 radical (unpaired) electrons. The van der Waals surface area contributed by atoms with Gasteiger partial charge >= 0.3 is 5.97 Å². The van der Waals surface area contributed by atoms with Crippen LogP contribution in [-0.2, 0) is 21.9 Å². The number of nitrogens with two attached hydrogens (primary N) is 1. The molecule has 0 aliphatic carbocycles. The van der Waals surface area contributed by atoms with Crippen LogP contribution in [0, 0.1) is 0 Å². The first-order valence-electron chi connectivity index (χ1n) is 5.96. The molecule has 2 amide bonds. The van der Waals surface area contributed by atoms with E-state index in [1.165, 1.54) is 0 Å². The molecule has 6 nitrogen and oxygen atoms in total. The van der Waals surface area contributed by atoms with Crippen LogP contribution in [0.2, 0.25) is 0 Å². The molecule has 1 aromatic rings. The summed E-state index contributed by atoms with van der Waals surface area (Å²) in [4.78, 5) is 35.6. The minimum Gasteiger partial charge on any atom is -0.480 e. The van der Waals surface area contributed by atoms with Gasteiger partial charge in [0.25, 0.3) is 11.8 Å². The van der Waals surface area contributed by atoms with Gasteiger partial charge in [-0.25, -0.2) is 0 Å². The Morgan fingerprint density at radius 1 is 1.20 bits per heavy atom. The number of carbonyl (C=O) groups is 3. The van der Waals surface area contributed by atoms with Crippen molar-refractivity contribution in [3.05, 3.63) is 35.4 Å². The Morgan fingerprint density at radius 2 is 1.70 bits per heavy atom. The van der Waals surface area contributed by atoms with Gasteiger partial charge in [0.2, 0.25) is 0 Å². The average molecular weight is 326 g/mol. The smallest absolute Gasteiger partial charge is 0.320 e. The summed E-state index contributed by atoms with van der Waals surface area (Å²) in [6.07, 6.45) is 0.599. The summed E-state index contributed by atoms with van der Waals surface area (Å²) in [6.45, 7) is 0.188. The van der Waals surface area contributed by atoms with Crippen LogP contribution in [-0.4, -0.2) is 40.4 Å². The summed E-state index contributed by atoms with van der Waals surface area (Å²) in [7, 11) is 0. The van der Waals surface area contributed by atoms with Crippen molar-refractivity contribution in [3.8, 4) is 0 Å². The zero-order valence-electron chi connectivity index (χ0n) is 10.5. The van der Waals surface area contributed by atoms with Crippen molar-refractivity contribution in [2.75, 3.05) is 6.54 Å². The molecule has 20 heavy (non-hydrogen) atoms. The van der Waals surface area contributed by atoms with Crippen molar-refractivity contribution < 1.29 is 36.6 Å². The molecule has 1 aromatic carbocycles. The quantitative estimate of drug-likeness (QED) is 0.605. The predicted molar refractivity (Wildman–Crippen MR) is 66.7 cm³/mol. The third kappa shape index (κ3) is 3.07. The molecule has 0 saturated heterocycles. The van der Waals surface area contributed by atoms with Crippen molar-refractivity contribution >= 4 is 17.8 Å². The number of amides is 2. The Balaban J connectivity index is 0.00000200. The molecule has 0 bridgehead atoms. The van der Waals surface area contributed by atoms with E-state index in [0.29, 0.717) is 17.5 Å². The summed E-state index contributed by atoms with van der Waals surface area (Å²) in [5.74, 6) is -1.74. The van der Waals surface area contributed by atoms with Crippen LogP contribution < -0.4 is 5.73 Å². The molecule has 1 heterocycles. The molecule has 1 atom stereocenters. The van der Waals surface area contributed by atoms with E-state index in [1.807, 2.05) is 0 Å². The van der Waals surface area contributed by atoms with Crippen LogP contribution >= 0.6 is 0 Å². The minimum absolute atomic E-state index is 0. The second kappa shape index (κ2) is 6.65. The molecule has 1 aliphatic heterocycles. The van der Waals surface area contributed by atoms with Crippen molar-refractivity contribution in [3.63, 3.8) is 0 Å². The fourth-order valence-corrected chi connectivity index (χ4v) is 2.04. The number of hydrogen-bond donors (Lipinski definition) is 2. The van der Waals surface area contributed by atoms with Crippen molar-refractivity contribution in [2.24, 2.45) is 5.73 Å². The number of carbonyl (C=O) groups excluding carboxylic acids is 2. The fraction of sp³-hybridized carbons (Fsp3) is 0.308. The van der Waals surface area contributed by atoms with Crippen LogP contribution in [0.25, 0.3) is 0 Å². The van der Waals surface area contributed by atoms with Gasteiger partial charge in [-0.3, -0.25) is 19.3 Å². The van der Waals surface area contributed by atoms with Gasteiger partial charge in [-0.1, -0.05) is 12.1 Å². The first kappa shape index (κ1) is 16.4. The Bertz CT molecular complexity index is 512. The van der Waals surface area contributed by atoms with E-state index in [0.717, 1.165) is 4.90 Å². The summed E-state index contributed by atoms with van der Waals surface area (Å²) in [5.41, 5.74) is 6.16. The third-order valence-electron chi connectivity index (χ3n) is 3.09. The topological polar surface area (TPSA) is 101 Å². The predicted octanol–water partition coefficient (Wildman–Crippen LogP) is 0.472. The standard InChI is InChI=1S/C13H14N2O4.Cu/c14-10(13(18)19)6-3-7-15-11(16)8-4-1-2-5-9(8)12(15)17;/h1-2,4-5,10H,3,6-7,14H2,(H,18,19);/t10-;/m0./s1. The third-order valence-corrected chi connectivity index (χ3v) is 3.09. The number of carboxylic acids is 1. The maximum atomic E-state index is 12.0. The van der Waals surface area contributed by atoms with E-state index in [4.69, 9.17) is 10.8 Å². The van der Waals surface area contributed by atoms with E-state index < -0.39 is 12.0 Å². The minimum atomic E-state index is -1.08. The molecule has 0 spiro atoms. The number of carboxylic acid groups (broad SMARTS) is 1. The second-order valence-electron chi connectivity index (χ2n) is 4.39. The van der Waals surface area contributed by atoms with Crippen molar-refractivity contribution in [2.45, 2.75) is 18.9 Å². The number of rotatable bonds is 5. The van der Waals surface area contributed by atoms with E-state index >= 15 is 0 Å². The number of fused-ring (bicyclic) bond motifs is 1. The largest absolute Gasteiger partial charge is 0.480 e. The van der Waals surface area contributed by atoms with Crippen LogP contribution in [0.3, 0.4) is 0 Å². The van der Waals surface area contributed by atoms with Gasteiger partial charge in [0, 0.05) is 23.6 Å². The van der Waals surface area contributed by atoms with Crippen LogP contribution in [0.15, 0.2) is 24.3 Å². The van der Waals surface area contributed by atoms with Gasteiger partial charge in [0.15, 0.2) is 0 Å². The molecule has 3 N–H and O–H groups in total. The molecule has 0 fully saturated rings. The molecule has 0 aromatic heterocycles. The molecule has 0 saturated carbocycles. The van der Waals surface area contributed by atoms with E-state index in [2.05, 4.69) is 0 Å². The van der Waals surface area contributed by atoms with Crippen molar-refractivity contribution in [1.29, 1.82) is 0 Å². The van der Waals surface area contributed by atoms with Gasteiger partial charge in [-0.2, -0.15) is 0 Å². The van der Waals surface area contributed by atoms with Crippen LogP contribution in [0.1, 0.15) is 33.6 Å². The summed E-state index contributed by atoms with van der Waals surface area (Å²) < 4.78 is 0. The summed E-state index contributed by atoms with van der Waals surface area (Å²) in [5, 5.41) is 8.65. The molecule has 1 aliphatic rings. The molecule has 7 heteroatoms. The fourth-order valence-electron chi connectivity index (χ4n) is 2.04. The zero-order chi connectivity index (χ0) is 14.0. The van der Waals surface area contributed by atoms with Crippen molar-refractivity contribution in [1.82, 2.24) is 4.90 Å². The molecule has 0 unspecified atom stereocenters. The van der Waals surface area contributed by atoms with Gasteiger partial charge in [-0.05, 0) is 25.0 Å². The Morgan fingerprint density at radius 3 is 2.15 bits per heavy atom. The van der Waals surface area contributed by atoms with Gasteiger partial charge in [0.1, 0.15) is 6.04 Å². The van der Waals surface area contributed by atoms with Gasteiger partial charge in [-0.15, -0.1) is 0 Å². The zero-order valence-corrected chi connectivity index (χ0v) is 11.4. The second-order valence-corrected chi connectivity index (χ2v) is 4.39. The maximum Gasteiger partial charge on any atom is 0.320 e. The first-order valence-corrected chi connectivity index (χ1v) is 5.96. The Kier molecular flexibility index (Phi) is 5.44. The summed E-state index contributed by atoms with van der Waals surface area (Å²) >= 11 is 0. The van der Waals surface area contributed by atoms with E-state index in [-0.39, 0.29) is 41.8 Å². The van der Waals surface area contributed by atoms with Gasteiger partial charge < -0.3 is 10.8 Å². The van der Waals surface area contributed by atoms with E-state index in [1.54, 1.807) is 24.3 Å². The SMILES string of the molecule is N[C@@H](CCCN1C(=O)c2ccccc2C1=O)C(=O)O.[Cu]. The number of benzene rings is 1. The maximum absolute atomic E-state index is 12.0. The Labute approximate surface area is 126 Å². The van der Waals surface area contributed by atoms with Crippen LogP contribution in [0.4, 0.5) is 0 Å². The first-order chi connectivity index (χ1) is 9.02. The molecular formula is C13H14CuN2O4. The average Bonchev–Trinajstić information content (AvgIpc) is 2.64. The summed E-state index contributed by atoms with van der Waals surface area (Å²) in [6, 6.07) is 5.66. The monoisotopic (exact) mass is 325 g/mol. The Hall–Kier alpha value is -1.69. The number of hydrogen-bond acceptors (Lipinski definition) is 4.